The van der Waals surface area contributed by atoms with Crippen LogP contribution in [0.1, 0.15) is 48.2 Å². The molecule has 0 saturated heterocycles. The Morgan fingerprint density at radius 3 is 2.81 bits per heavy atom. The Hall–Kier alpha value is -2.63. The van der Waals surface area contributed by atoms with Crippen LogP contribution in [0.3, 0.4) is 0 Å². The Labute approximate surface area is 154 Å². The number of benzene rings is 1. The summed E-state index contributed by atoms with van der Waals surface area (Å²) in [4.78, 5) is 20.7. The number of hydrogen-bond donors (Lipinski definition) is 2. The zero-order chi connectivity index (χ0) is 18.2. The third kappa shape index (κ3) is 4.94. The SMILES string of the molecule is COc1ccccc1CCNc1cc(C(=O)NC2CCCCC2)ncn1. The quantitative estimate of drug-likeness (QED) is 0.798. The molecule has 1 saturated carbocycles. The molecule has 0 unspecified atom stereocenters. The maximum absolute atomic E-state index is 12.4. The fraction of sp³-hybridized carbons (Fsp3) is 0.450. The lowest BCUT2D eigenvalue weighted by Crippen LogP contribution is -2.36. The average Bonchev–Trinajstić information content (AvgIpc) is 2.69. The highest BCUT2D eigenvalue weighted by molar-refractivity contribution is 5.93. The lowest BCUT2D eigenvalue weighted by Gasteiger charge is -2.22. The maximum atomic E-state index is 12.4. The fourth-order valence-corrected chi connectivity index (χ4v) is 3.32. The van der Waals surface area contributed by atoms with Gasteiger partial charge in [-0.2, -0.15) is 0 Å². The molecule has 1 aliphatic rings. The minimum Gasteiger partial charge on any atom is -0.496 e. The monoisotopic (exact) mass is 354 g/mol. The average molecular weight is 354 g/mol. The number of hydrogen-bond acceptors (Lipinski definition) is 5. The number of aromatic nitrogens is 2. The number of nitrogens with zero attached hydrogens (tertiary/aromatic N) is 2. The normalized spacial score (nSPS) is 14.7. The summed E-state index contributed by atoms with van der Waals surface area (Å²) in [5.41, 5.74) is 1.54. The van der Waals surface area contributed by atoms with Crippen LogP contribution in [-0.4, -0.2) is 35.6 Å². The molecular formula is C20H26N4O2. The molecule has 26 heavy (non-hydrogen) atoms. The van der Waals surface area contributed by atoms with Crippen molar-refractivity contribution < 1.29 is 9.53 Å². The molecule has 138 valence electrons. The summed E-state index contributed by atoms with van der Waals surface area (Å²) in [5, 5.41) is 6.34. The number of rotatable bonds is 7. The van der Waals surface area contributed by atoms with Crippen LogP contribution in [0.4, 0.5) is 5.82 Å². The molecule has 1 aromatic carbocycles. The summed E-state index contributed by atoms with van der Waals surface area (Å²) in [6.07, 6.45) is 7.98. The van der Waals surface area contributed by atoms with Crippen LogP contribution in [0, 0.1) is 0 Å². The van der Waals surface area contributed by atoms with Crippen molar-refractivity contribution in [3.8, 4) is 5.75 Å². The first-order valence-corrected chi connectivity index (χ1v) is 9.25. The van der Waals surface area contributed by atoms with E-state index in [1.807, 2.05) is 24.3 Å². The van der Waals surface area contributed by atoms with Crippen LogP contribution in [-0.2, 0) is 6.42 Å². The highest BCUT2D eigenvalue weighted by Crippen LogP contribution is 2.19. The molecule has 0 aliphatic heterocycles. The molecule has 6 heteroatoms. The maximum Gasteiger partial charge on any atom is 0.270 e. The number of carbonyl (C=O) groups is 1. The highest BCUT2D eigenvalue weighted by Gasteiger charge is 2.17. The molecule has 0 spiro atoms. The van der Waals surface area contributed by atoms with Gasteiger partial charge in [0.1, 0.15) is 23.6 Å². The van der Waals surface area contributed by atoms with Gasteiger partial charge in [-0.1, -0.05) is 37.5 Å². The first-order valence-electron chi connectivity index (χ1n) is 9.25. The molecule has 6 nitrogen and oxygen atoms in total. The van der Waals surface area contributed by atoms with E-state index < -0.39 is 0 Å². The summed E-state index contributed by atoms with van der Waals surface area (Å²) < 4.78 is 5.36. The van der Waals surface area contributed by atoms with E-state index in [0.717, 1.165) is 30.6 Å². The van der Waals surface area contributed by atoms with Crippen molar-refractivity contribution in [2.24, 2.45) is 0 Å². The van der Waals surface area contributed by atoms with E-state index >= 15 is 0 Å². The van der Waals surface area contributed by atoms with Crippen molar-refractivity contribution in [2.45, 2.75) is 44.6 Å². The van der Waals surface area contributed by atoms with E-state index in [0.29, 0.717) is 18.1 Å². The molecule has 1 aliphatic carbocycles. The number of carbonyl (C=O) groups excluding carboxylic acids is 1. The van der Waals surface area contributed by atoms with E-state index in [-0.39, 0.29) is 11.9 Å². The van der Waals surface area contributed by atoms with Crippen molar-refractivity contribution in [1.29, 1.82) is 0 Å². The molecule has 2 N–H and O–H groups in total. The Morgan fingerprint density at radius 1 is 1.19 bits per heavy atom. The minimum absolute atomic E-state index is 0.118. The van der Waals surface area contributed by atoms with Gasteiger partial charge in [0.25, 0.3) is 5.91 Å². The third-order valence-electron chi connectivity index (χ3n) is 4.73. The van der Waals surface area contributed by atoms with Crippen molar-refractivity contribution in [1.82, 2.24) is 15.3 Å². The van der Waals surface area contributed by atoms with Crippen LogP contribution >= 0.6 is 0 Å². The molecule has 1 fully saturated rings. The smallest absolute Gasteiger partial charge is 0.270 e. The van der Waals surface area contributed by atoms with Gasteiger partial charge in [0.05, 0.1) is 7.11 Å². The second-order valence-corrected chi connectivity index (χ2v) is 6.59. The van der Waals surface area contributed by atoms with Crippen LogP contribution < -0.4 is 15.4 Å². The highest BCUT2D eigenvalue weighted by atomic mass is 16.5. The molecule has 1 aromatic heterocycles. The van der Waals surface area contributed by atoms with Gasteiger partial charge in [-0.15, -0.1) is 0 Å². The van der Waals surface area contributed by atoms with Crippen molar-refractivity contribution >= 4 is 11.7 Å². The molecule has 1 heterocycles. The van der Waals surface area contributed by atoms with E-state index in [4.69, 9.17) is 4.74 Å². The molecule has 0 atom stereocenters. The van der Waals surface area contributed by atoms with Crippen LogP contribution in [0.25, 0.3) is 0 Å². The number of methoxy groups -OCH3 is 1. The van der Waals surface area contributed by atoms with Gasteiger partial charge < -0.3 is 15.4 Å². The van der Waals surface area contributed by atoms with Crippen LogP contribution in [0.2, 0.25) is 0 Å². The summed E-state index contributed by atoms with van der Waals surface area (Å²) >= 11 is 0. The Morgan fingerprint density at radius 2 is 2.00 bits per heavy atom. The summed E-state index contributed by atoms with van der Waals surface area (Å²) in [6.45, 7) is 0.696. The van der Waals surface area contributed by atoms with Gasteiger partial charge in [-0.05, 0) is 30.9 Å². The van der Waals surface area contributed by atoms with Crippen molar-refractivity contribution in [3.05, 3.63) is 47.9 Å². The predicted molar refractivity (Wildman–Crippen MR) is 102 cm³/mol. The Kier molecular flexibility index (Phi) is 6.41. The van der Waals surface area contributed by atoms with Gasteiger partial charge in [0.2, 0.25) is 0 Å². The fourth-order valence-electron chi connectivity index (χ4n) is 3.32. The standard InChI is InChI=1S/C20H26N4O2/c1-26-18-10-6-5-7-15(18)11-12-21-19-13-17(22-14-23-19)20(25)24-16-8-3-2-4-9-16/h5-7,10,13-14,16H,2-4,8-9,11-12H2,1H3,(H,24,25)(H,21,22,23). The van der Waals surface area contributed by atoms with Gasteiger partial charge >= 0.3 is 0 Å². The topological polar surface area (TPSA) is 76.1 Å². The molecule has 3 rings (SSSR count). The first kappa shape index (κ1) is 18.2. The lowest BCUT2D eigenvalue weighted by atomic mass is 9.95. The Balaban J connectivity index is 1.54. The summed E-state index contributed by atoms with van der Waals surface area (Å²) in [7, 11) is 1.67. The second kappa shape index (κ2) is 9.17. The molecular weight excluding hydrogens is 328 g/mol. The number of anilines is 1. The van der Waals surface area contributed by atoms with Crippen molar-refractivity contribution in [3.63, 3.8) is 0 Å². The molecule has 0 radical (unpaired) electrons. The molecule has 0 bridgehead atoms. The molecule has 1 amide bonds. The summed E-state index contributed by atoms with van der Waals surface area (Å²) in [6, 6.07) is 9.93. The largest absolute Gasteiger partial charge is 0.496 e. The van der Waals surface area contributed by atoms with Gasteiger partial charge in [0.15, 0.2) is 0 Å². The lowest BCUT2D eigenvalue weighted by molar-refractivity contribution is 0.0922. The first-order chi connectivity index (χ1) is 12.8. The zero-order valence-corrected chi connectivity index (χ0v) is 15.2. The third-order valence-corrected chi connectivity index (χ3v) is 4.73. The van der Waals surface area contributed by atoms with Gasteiger partial charge in [-0.25, -0.2) is 9.97 Å². The van der Waals surface area contributed by atoms with E-state index in [9.17, 15) is 4.79 Å². The van der Waals surface area contributed by atoms with E-state index in [2.05, 4.69) is 20.6 Å². The zero-order valence-electron chi connectivity index (χ0n) is 15.2. The van der Waals surface area contributed by atoms with E-state index in [1.165, 1.54) is 25.6 Å². The minimum atomic E-state index is -0.118. The number of amides is 1. The van der Waals surface area contributed by atoms with Gasteiger partial charge in [0, 0.05) is 18.7 Å². The number of nitrogens with one attached hydrogen (secondary N) is 2. The second-order valence-electron chi connectivity index (χ2n) is 6.59. The molecule has 2 aromatic rings. The van der Waals surface area contributed by atoms with Gasteiger partial charge in [-0.3, -0.25) is 4.79 Å². The Bertz CT molecular complexity index is 729. The van der Waals surface area contributed by atoms with E-state index in [1.54, 1.807) is 13.2 Å². The summed E-state index contributed by atoms with van der Waals surface area (Å²) in [5.74, 6) is 1.42. The van der Waals surface area contributed by atoms with Crippen LogP contribution in [0.15, 0.2) is 36.7 Å². The predicted octanol–water partition coefficient (Wildman–Crippen LogP) is 3.20. The van der Waals surface area contributed by atoms with Crippen molar-refractivity contribution in [2.75, 3.05) is 19.0 Å². The number of para-hydroxylation sites is 1. The van der Waals surface area contributed by atoms with Crippen LogP contribution in [0.5, 0.6) is 5.75 Å². The number of ether oxygens (including phenoxy) is 1.